The number of hydrogen-bond acceptors (Lipinski definition) is 4. The number of carbonyl (C=O) groups excluding carboxylic acids is 1. The van der Waals surface area contributed by atoms with Crippen LogP contribution in [-0.4, -0.2) is 37.1 Å². The zero-order valence-corrected chi connectivity index (χ0v) is 9.31. The summed E-state index contributed by atoms with van der Waals surface area (Å²) in [6.45, 7) is 1.95. The van der Waals surface area contributed by atoms with Crippen LogP contribution in [0.15, 0.2) is 18.3 Å². The second-order valence-electron chi connectivity index (χ2n) is 3.99. The van der Waals surface area contributed by atoms with E-state index < -0.39 is 5.91 Å². The molecule has 2 heterocycles. The van der Waals surface area contributed by atoms with Crippen molar-refractivity contribution < 1.29 is 4.79 Å². The Bertz CT molecular complexity index is 376. The summed E-state index contributed by atoms with van der Waals surface area (Å²) in [5, 5.41) is 3.25. The zero-order chi connectivity index (χ0) is 11.5. The SMILES string of the molecule is CNC1CCN(c2ccc(C(N)=O)cn2)C1. The van der Waals surface area contributed by atoms with Gasteiger partial charge in [-0.2, -0.15) is 0 Å². The van der Waals surface area contributed by atoms with Crippen molar-refractivity contribution in [3.63, 3.8) is 0 Å². The molecule has 1 aliphatic rings. The quantitative estimate of drug-likeness (QED) is 0.751. The van der Waals surface area contributed by atoms with Crippen molar-refractivity contribution in [3.8, 4) is 0 Å². The van der Waals surface area contributed by atoms with Crippen LogP contribution in [0.2, 0.25) is 0 Å². The van der Waals surface area contributed by atoms with Gasteiger partial charge in [-0.3, -0.25) is 4.79 Å². The molecule has 0 saturated carbocycles. The molecule has 1 saturated heterocycles. The molecule has 1 atom stereocenters. The first kappa shape index (κ1) is 10.9. The first-order chi connectivity index (χ1) is 7.70. The summed E-state index contributed by atoms with van der Waals surface area (Å²) in [6, 6.07) is 4.09. The van der Waals surface area contributed by atoms with Gasteiger partial charge in [0.05, 0.1) is 5.56 Å². The molecular weight excluding hydrogens is 204 g/mol. The number of anilines is 1. The van der Waals surface area contributed by atoms with E-state index in [1.54, 1.807) is 6.07 Å². The van der Waals surface area contributed by atoms with E-state index >= 15 is 0 Å². The van der Waals surface area contributed by atoms with Gasteiger partial charge < -0.3 is 16.0 Å². The second-order valence-corrected chi connectivity index (χ2v) is 3.99. The minimum atomic E-state index is -0.437. The van der Waals surface area contributed by atoms with Crippen LogP contribution in [0.4, 0.5) is 5.82 Å². The van der Waals surface area contributed by atoms with Crippen LogP contribution >= 0.6 is 0 Å². The highest BCUT2D eigenvalue weighted by Gasteiger charge is 2.21. The van der Waals surface area contributed by atoms with Crippen molar-refractivity contribution in [1.82, 2.24) is 10.3 Å². The Morgan fingerprint density at radius 1 is 1.62 bits per heavy atom. The Kier molecular flexibility index (Phi) is 3.05. The third kappa shape index (κ3) is 2.14. The average Bonchev–Trinajstić information content (AvgIpc) is 2.77. The van der Waals surface area contributed by atoms with Crippen LogP contribution in [0.1, 0.15) is 16.8 Å². The predicted octanol–water partition coefficient (Wildman–Crippen LogP) is -0.0214. The lowest BCUT2D eigenvalue weighted by Crippen LogP contribution is -2.29. The molecule has 0 radical (unpaired) electrons. The summed E-state index contributed by atoms with van der Waals surface area (Å²) >= 11 is 0. The van der Waals surface area contributed by atoms with Gasteiger partial charge in [-0.15, -0.1) is 0 Å². The Hall–Kier alpha value is -1.62. The summed E-state index contributed by atoms with van der Waals surface area (Å²) in [4.78, 5) is 17.3. The first-order valence-electron chi connectivity index (χ1n) is 5.39. The standard InChI is InChI=1S/C11H16N4O/c1-13-9-4-5-15(7-9)10-3-2-8(6-14-10)11(12)16/h2-3,6,9,13H,4-5,7H2,1H3,(H2,12,16). The molecule has 0 aromatic carbocycles. The molecule has 3 N–H and O–H groups in total. The average molecular weight is 220 g/mol. The number of nitrogens with one attached hydrogen (secondary N) is 1. The molecule has 86 valence electrons. The van der Waals surface area contributed by atoms with E-state index in [0.29, 0.717) is 11.6 Å². The molecule has 0 bridgehead atoms. The molecule has 2 rings (SSSR count). The van der Waals surface area contributed by atoms with Crippen molar-refractivity contribution in [3.05, 3.63) is 23.9 Å². The number of primary amides is 1. The minimum absolute atomic E-state index is 0.437. The second kappa shape index (κ2) is 4.49. The van der Waals surface area contributed by atoms with Gasteiger partial charge in [0.15, 0.2) is 0 Å². The van der Waals surface area contributed by atoms with Crippen molar-refractivity contribution in [1.29, 1.82) is 0 Å². The largest absolute Gasteiger partial charge is 0.366 e. The molecule has 5 heteroatoms. The first-order valence-corrected chi connectivity index (χ1v) is 5.39. The van der Waals surface area contributed by atoms with Crippen molar-refractivity contribution in [2.75, 3.05) is 25.0 Å². The summed E-state index contributed by atoms with van der Waals surface area (Å²) < 4.78 is 0. The molecule has 1 fully saturated rings. The van der Waals surface area contributed by atoms with Gasteiger partial charge in [-0.05, 0) is 25.6 Å². The van der Waals surface area contributed by atoms with Gasteiger partial charge in [-0.1, -0.05) is 0 Å². The fraction of sp³-hybridized carbons (Fsp3) is 0.455. The van der Waals surface area contributed by atoms with Crippen LogP contribution in [0.3, 0.4) is 0 Å². The van der Waals surface area contributed by atoms with Gasteiger partial charge in [0, 0.05) is 25.3 Å². The molecule has 1 aliphatic heterocycles. The summed E-state index contributed by atoms with van der Waals surface area (Å²) in [5.41, 5.74) is 5.61. The lowest BCUT2D eigenvalue weighted by molar-refractivity contribution is 0.1000. The lowest BCUT2D eigenvalue weighted by Gasteiger charge is -2.17. The highest BCUT2D eigenvalue weighted by Crippen LogP contribution is 2.17. The lowest BCUT2D eigenvalue weighted by atomic mass is 10.2. The van der Waals surface area contributed by atoms with Gasteiger partial charge in [0.25, 0.3) is 0 Å². The van der Waals surface area contributed by atoms with E-state index in [2.05, 4.69) is 15.2 Å². The van der Waals surface area contributed by atoms with Gasteiger partial charge >= 0.3 is 0 Å². The number of aromatic nitrogens is 1. The molecule has 0 spiro atoms. The van der Waals surface area contributed by atoms with E-state index in [1.165, 1.54) is 6.20 Å². The molecule has 1 aromatic heterocycles. The van der Waals surface area contributed by atoms with Gasteiger partial charge in [0.1, 0.15) is 5.82 Å². The van der Waals surface area contributed by atoms with E-state index in [0.717, 1.165) is 25.3 Å². The fourth-order valence-corrected chi connectivity index (χ4v) is 1.92. The number of amides is 1. The van der Waals surface area contributed by atoms with E-state index in [4.69, 9.17) is 5.73 Å². The van der Waals surface area contributed by atoms with Crippen molar-refractivity contribution >= 4 is 11.7 Å². The maximum Gasteiger partial charge on any atom is 0.250 e. The highest BCUT2D eigenvalue weighted by molar-refractivity contribution is 5.92. The maximum absolute atomic E-state index is 10.9. The maximum atomic E-state index is 10.9. The number of rotatable bonds is 3. The van der Waals surface area contributed by atoms with E-state index in [1.807, 2.05) is 13.1 Å². The minimum Gasteiger partial charge on any atom is -0.366 e. The number of pyridine rings is 1. The summed E-state index contributed by atoms with van der Waals surface area (Å²) in [5.74, 6) is 0.469. The number of likely N-dealkylation sites (N-methyl/N-ethyl adjacent to an activating group) is 1. The third-order valence-electron chi connectivity index (χ3n) is 2.95. The zero-order valence-electron chi connectivity index (χ0n) is 9.31. The Balaban J connectivity index is 2.08. The van der Waals surface area contributed by atoms with Gasteiger partial charge in [0.2, 0.25) is 5.91 Å². The van der Waals surface area contributed by atoms with Crippen LogP contribution in [0.25, 0.3) is 0 Å². The topological polar surface area (TPSA) is 71.2 Å². The van der Waals surface area contributed by atoms with Crippen molar-refractivity contribution in [2.45, 2.75) is 12.5 Å². The molecular formula is C11H16N4O. The van der Waals surface area contributed by atoms with E-state index in [-0.39, 0.29) is 0 Å². The fourth-order valence-electron chi connectivity index (χ4n) is 1.92. The monoisotopic (exact) mass is 220 g/mol. The normalized spacial score (nSPS) is 20.1. The van der Waals surface area contributed by atoms with Crippen LogP contribution < -0.4 is 16.0 Å². The summed E-state index contributed by atoms with van der Waals surface area (Å²) in [7, 11) is 1.97. The molecule has 1 amide bonds. The molecule has 16 heavy (non-hydrogen) atoms. The smallest absolute Gasteiger partial charge is 0.250 e. The Labute approximate surface area is 94.6 Å². The molecule has 1 aromatic rings. The highest BCUT2D eigenvalue weighted by atomic mass is 16.1. The number of nitrogens with two attached hydrogens (primary N) is 1. The van der Waals surface area contributed by atoms with Crippen LogP contribution in [0, 0.1) is 0 Å². The Morgan fingerprint density at radius 3 is 2.94 bits per heavy atom. The van der Waals surface area contributed by atoms with Crippen molar-refractivity contribution in [2.24, 2.45) is 5.73 Å². The molecule has 0 aliphatic carbocycles. The number of nitrogens with zero attached hydrogens (tertiary/aromatic N) is 2. The molecule has 5 nitrogen and oxygen atoms in total. The number of hydrogen-bond donors (Lipinski definition) is 2. The number of carbonyl (C=O) groups is 1. The predicted molar refractivity (Wildman–Crippen MR) is 62.4 cm³/mol. The third-order valence-corrected chi connectivity index (χ3v) is 2.95. The van der Waals surface area contributed by atoms with Gasteiger partial charge in [-0.25, -0.2) is 4.98 Å². The molecule has 1 unspecified atom stereocenters. The summed E-state index contributed by atoms with van der Waals surface area (Å²) in [6.07, 6.45) is 2.65. The van der Waals surface area contributed by atoms with Crippen LogP contribution in [0.5, 0.6) is 0 Å². The van der Waals surface area contributed by atoms with E-state index in [9.17, 15) is 4.79 Å². The van der Waals surface area contributed by atoms with Crippen LogP contribution in [-0.2, 0) is 0 Å². The Morgan fingerprint density at radius 2 is 2.44 bits per heavy atom.